The lowest BCUT2D eigenvalue weighted by molar-refractivity contribution is 0.475. The first-order chi connectivity index (χ1) is 20.3. The maximum absolute atomic E-state index is 6.67. The number of hydrogen-bond acceptors (Lipinski definition) is 2. The Hall–Kier alpha value is -3.10. The van der Waals surface area contributed by atoms with E-state index < -0.39 is 0 Å². The van der Waals surface area contributed by atoms with Gasteiger partial charge in [0.25, 0.3) is 0 Å². The Bertz CT molecular complexity index is 1190. The highest BCUT2D eigenvalue weighted by atomic mass is 14.9. The van der Waals surface area contributed by atoms with E-state index in [2.05, 4.69) is 88.3 Å². The maximum atomic E-state index is 6.67. The topological polar surface area (TPSA) is 38.0 Å². The summed E-state index contributed by atoms with van der Waals surface area (Å²) in [5.74, 6) is 0.878. The Morgan fingerprint density at radius 2 is 1.64 bits per heavy atom. The molecule has 1 aliphatic rings. The molecule has 1 aliphatic carbocycles. The molecule has 3 N–H and O–H groups in total. The van der Waals surface area contributed by atoms with Gasteiger partial charge in [0.15, 0.2) is 0 Å². The van der Waals surface area contributed by atoms with E-state index in [0.717, 1.165) is 47.7 Å². The van der Waals surface area contributed by atoms with E-state index >= 15 is 0 Å². The Kier molecular flexibility index (Phi) is 16.0. The van der Waals surface area contributed by atoms with Crippen molar-refractivity contribution in [3.05, 3.63) is 125 Å². The monoisotopic (exact) mass is 566 g/mol. The van der Waals surface area contributed by atoms with Crippen LogP contribution in [0.5, 0.6) is 0 Å². The lowest BCUT2D eigenvalue weighted by atomic mass is 9.93. The first kappa shape index (κ1) is 35.1. The van der Waals surface area contributed by atoms with Gasteiger partial charge in [-0.3, -0.25) is 0 Å². The molecule has 228 valence electrons. The minimum absolute atomic E-state index is 0.468. The van der Waals surface area contributed by atoms with Crippen LogP contribution in [-0.4, -0.2) is 12.6 Å². The number of hydrogen-bond donors (Lipinski definition) is 2. The summed E-state index contributed by atoms with van der Waals surface area (Å²) in [5.41, 5.74) is 17.0. The van der Waals surface area contributed by atoms with Crippen LogP contribution in [0.2, 0.25) is 0 Å². The van der Waals surface area contributed by atoms with Crippen LogP contribution in [-0.2, 0) is 12.8 Å². The highest BCUT2D eigenvalue weighted by Crippen LogP contribution is 2.31. The minimum Gasteiger partial charge on any atom is -0.401 e. The third-order valence-electron chi connectivity index (χ3n) is 8.55. The SMILES string of the molecule is C=C/C=C\C(C(=C)c1ccc(C)c(C)c1)=C(\N)Cc1ccc(CCCCNC(CC)C(=C)CC2CCCC2)cc1.CC. The van der Waals surface area contributed by atoms with E-state index in [-0.39, 0.29) is 0 Å². The van der Waals surface area contributed by atoms with Gasteiger partial charge < -0.3 is 11.1 Å². The molecule has 1 atom stereocenters. The van der Waals surface area contributed by atoms with Gasteiger partial charge in [-0.25, -0.2) is 0 Å². The molecule has 0 bridgehead atoms. The fourth-order valence-corrected chi connectivity index (χ4v) is 5.82. The van der Waals surface area contributed by atoms with Crippen LogP contribution in [0, 0.1) is 19.8 Å². The normalized spacial score (nSPS) is 14.7. The molecule has 0 aromatic heterocycles. The van der Waals surface area contributed by atoms with Crippen LogP contribution in [0.25, 0.3) is 5.57 Å². The number of nitrogens with one attached hydrogen (secondary N) is 1. The number of nitrogens with two attached hydrogens (primary N) is 1. The van der Waals surface area contributed by atoms with E-state index in [1.165, 1.54) is 72.8 Å². The van der Waals surface area contributed by atoms with Gasteiger partial charge in [0, 0.05) is 23.7 Å². The van der Waals surface area contributed by atoms with Crippen molar-refractivity contribution >= 4 is 5.57 Å². The molecule has 0 saturated heterocycles. The van der Waals surface area contributed by atoms with Gasteiger partial charge in [0.05, 0.1) is 0 Å². The second-order valence-corrected chi connectivity index (χ2v) is 11.7. The van der Waals surface area contributed by atoms with Crippen molar-refractivity contribution in [3.63, 3.8) is 0 Å². The number of unbranched alkanes of at least 4 members (excludes halogenated alkanes) is 1. The molecule has 3 rings (SSSR count). The lowest BCUT2D eigenvalue weighted by Crippen LogP contribution is -2.31. The number of aryl methyl sites for hydroxylation is 3. The number of allylic oxidation sites excluding steroid dienone is 6. The van der Waals surface area contributed by atoms with Crippen molar-refractivity contribution in [1.82, 2.24) is 5.32 Å². The zero-order valence-corrected chi connectivity index (χ0v) is 27.4. The number of rotatable bonds is 16. The summed E-state index contributed by atoms with van der Waals surface area (Å²) in [6.07, 6.45) is 17.8. The molecule has 42 heavy (non-hydrogen) atoms. The summed E-state index contributed by atoms with van der Waals surface area (Å²) in [6.45, 7) is 24.3. The summed E-state index contributed by atoms with van der Waals surface area (Å²) in [6, 6.07) is 15.9. The Balaban J connectivity index is 0.00000301. The summed E-state index contributed by atoms with van der Waals surface area (Å²) < 4.78 is 0. The summed E-state index contributed by atoms with van der Waals surface area (Å²) in [5, 5.41) is 3.77. The Morgan fingerprint density at radius 1 is 0.976 bits per heavy atom. The lowest BCUT2D eigenvalue weighted by Gasteiger charge is -2.22. The fraction of sp³-hybridized carbons (Fsp3) is 0.450. The fourth-order valence-electron chi connectivity index (χ4n) is 5.82. The first-order valence-electron chi connectivity index (χ1n) is 16.4. The van der Waals surface area contributed by atoms with E-state index in [9.17, 15) is 0 Å². The highest BCUT2D eigenvalue weighted by Gasteiger charge is 2.19. The smallest absolute Gasteiger partial charge is 0.0274 e. The highest BCUT2D eigenvalue weighted by molar-refractivity contribution is 5.81. The van der Waals surface area contributed by atoms with Crippen molar-refractivity contribution < 1.29 is 0 Å². The van der Waals surface area contributed by atoms with Gasteiger partial charge >= 0.3 is 0 Å². The van der Waals surface area contributed by atoms with Crippen molar-refractivity contribution in [2.75, 3.05) is 6.54 Å². The molecular formula is C40H58N2. The molecule has 0 spiro atoms. The Morgan fingerprint density at radius 3 is 2.26 bits per heavy atom. The molecule has 0 aliphatic heterocycles. The molecule has 1 unspecified atom stereocenters. The molecule has 2 heteroatoms. The summed E-state index contributed by atoms with van der Waals surface area (Å²) in [7, 11) is 0. The zero-order valence-electron chi connectivity index (χ0n) is 27.4. The molecule has 0 radical (unpaired) electrons. The van der Waals surface area contributed by atoms with Crippen LogP contribution in [0.4, 0.5) is 0 Å². The predicted octanol–water partition coefficient (Wildman–Crippen LogP) is 10.4. The van der Waals surface area contributed by atoms with E-state index in [4.69, 9.17) is 5.73 Å². The van der Waals surface area contributed by atoms with Gasteiger partial charge in [-0.1, -0.05) is 132 Å². The van der Waals surface area contributed by atoms with Crippen molar-refractivity contribution in [3.8, 4) is 0 Å². The van der Waals surface area contributed by atoms with Gasteiger partial charge in [-0.2, -0.15) is 0 Å². The van der Waals surface area contributed by atoms with Crippen LogP contribution in [0.15, 0.2) is 97.3 Å². The van der Waals surface area contributed by atoms with Crippen LogP contribution >= 0.6 is 0 Å². The van der Waals surface area contributed by atoms with Gasteiger partial charge in [0.1, 0.15) is 0 Å². The molecule has 1 saturated carbocycles. The largest absolute Gasteiger partial charge is 0.401 e. The quantitative estimate of drug-likeness (QED) is 0.120. The third kappa shape index (κ3) is 11.3. The average Bonchev–Trinajstić information content (AvgIpc) is 3.51. The number of benzene rings is 2. The molecule has 1 fully saturated rings. The van der Waals surface area contributed by atoms with E-state index in [1.54, 1.807) is 6.08 Å². The van der Waals surface area contributed by atoms with Crippen LogP contribution in [0.3, 0.4) is 0 Å². The summed E-state index contributed by atoms with van der Waals surface area (Å²) in [4.78, 5) is 0. The van der Waals surface area contributed by atoms with Crippen molar-refractivity contribution in [2.24, 2.45) is 11.7 Å². The second-order valence-electron chi connectivity index (χ2n) is 11.7. The molecular weight excluding hydrogens is 508 g/mol. The van der Waals surface area contributed by atoms with Crippen LogP contribution < -0.4 is 11.1 Å². The third-order valence-corrected chi connectivity index (χ3v) is 8.55. The Labute approximate surface area is 258 Å². The van der Waals surface area contributed by atoms with Gasteiger partial charge in [0.2, 0.25) is 0 Å². The molecule has 0 amide bonds. The van der Waals surface area contributed by atoms with Gasteiger partial charge in [-0.15, -0.1) is 0 Å². The summed E-state index contributed by atoms with van der Waals surface area (Å²) >= 11 is 0. The molecule has 2 nitrogen and oxygen atoms in total. The maximum Gasteiger partial charge on any atom is 0.0274 e. The molecule has 2 aromatic rings. The molecule has 2 aromatic carbocycles. The first-order valence-corrected chi connectivity index (χ1v) is 16.4. The second kappa shape index (κ2) is 19.2. The van der Waals surface area contributed by atoms with Gasteiger partial charge in [-0.05, 0) is 91.8 Å². The zero-order chi connectivity index (χ0) is 30.9. The average molecular weight is 567 g/mol. The standard InChI is InChI=1S/C38H52N2.C2H6/c1-7-9-17-36(31(6)35-23-18-28(3)29(4)26-35)37(39)27-34-21-19-32(20-22-34)14-12-13-24-40-38(8-2)30(5)25-33-15-10-11-16-33;1-2/h7,9,17-23,26,33,38,40H,1,5-6,8,10-16,24-25,27,39H2,2-4H3;1-2H3/b17-9-,37-36-;. The van der Waals surface area contributed by atoms with Crippen molar-refractivity contribution in [1.29, 1.82) is 0 Å². The predicted molar refractivity (Wildman–Crippen MR) is 188 cm³/mol. The van der Waals surface area contributed by atoms with Crippen molar-refractivity contribution in [2.45, 2.75) is 105 Å². The molecule has 0 heterocycles. The van der Waals surface area contributed by atoms with E-state index in [0.29, 0.717) is 12.5 Å². The van der Waals surface area contributed by atoms with E-state index in [1.807, 2.05) is 26.0 Å². The minimum atomic E-state index is 0.468. The van der Waals surface area contributed by atoms with Crippen LogP contribution in [0.1, 0.15) is 100.0 Å².